The maximum absolute atomic E-state index is 11.1. The summed E-state index contributed by atoms with van der Waals surface area (Å²) >= 11 is 0. The summed E-state index contributed by atoms with van der Waals surface area (Å²) in [5.74, 6) is 0.369. The highest BCUT2D eigenvalue weighted by Crippen LogP contribution is 1.96. The molecule has 0 aromatic rings. The van der Waals surface area contributed by atoms with Crippen LogP contribution in [0.2, 0.25) is 0 Å². The summed E-state index contributed by atoms with van der Waals surface area (Å²) < 4.78 is 10.2. The number of ether oxygens (including phenoxy) is 2. The third-order valence-corrected chi connectivity index (χ3v) is 1.66. The zero-order valence-corrected chi connectivity index (χ0v) is 9.54. The fourth-order valence-electron chi connectivity index (χ4n) is 0.877. The van der Waals surface area contributed by atoms with E-state index in [4.69, 9.17) is 9.47 Å². The Morgan fingerprint density at radius 2 is 2.00 bits per heavy atom. The van der Waals surface area contributed by atoms with Crippen molar-refractivity contribution in [1.29, 1.82) is 0 Å². The van der Waals surface area contributed by atoms with Gasteiger partial charge in [-0.25, -0.2) is 0 Å². The van der Waals surface area contributed by atoms with Crippen molar-refractivity contribution in [3.8, 4) is 0 Å². The number of carbonyl (C=O) groups is 1. The van der Waals surface area contributed by atoms with Crippen molar-refractivity contribution in [2.75, 3.05) is 19.8 Å². The van der Waals surface area contributed by atoms with E-state index < -0.39 is 0 Å². The highest BCUT2D eigenvalue weighted by Gasteiger charge is 2.02. The Morgan fingerprint density at radius 3 is 2.57 bits per heavy atom. The molecule has 0 aromatic carbocycles. The van der Waals surface area contributed by atoms with Gasteiger partial charge in [-0.05, 0) is 12.3 Å². The maximum atomic E-state index is 11.1. The van der Waals surface area contributed by atoms with Gasteiger partial charge in [0.05, 0.1) is 19.6 Å². The molecule has 0 aliphatic carbocycles. The lowest BCUT2D eigenvalue weighted by Crippen LogP contribution is -2.11. The molecule has 0 saturated heterocycles. The van der Waals surface area contributed by atoms with E-state index in [0.717, 1.165) is 12.8 Å². The Morgan fingerprint density at radius 1 is 1.29 bits per heavy atom. The van der Waals surface area contributed by atoms with Gasteiger partial charge in [-0.2, -0.15) is 0 Å². The lowest BCUT2D eigenvalue weighted by Gasteiger charge is -2.06. The summed E-state index contributed by atoms with van der Waals surface area (Å²) in [5.41, 5.74) is 0. The van der Waals surface area contributed by atoms with E-state index in [-0.39, 0.29) is 5.97 Å². The third-order valence-electron chi connectivity index (χ3n) is 1.66. The SMILES string of the molecule is CCCCOC(=O)CCOCC(C)C. The molecule has 0 bridgehead atoms. The van der Waals surface area contributed by atoms with Gasteiger partial charge >= 0.3 is 5.97 Å². The second kappa shape index (κ2) is 9.00. The van der Waals surface area contributed by atoms with Crippen LogP contribution in [0.15, 0.2) is 0 Å². The number of rotatable bonds is 8. The first kappa shape index (κ1) is 13.4. The standard InChI is InChI=1S/C11H22O3/c1-4-5-7-14-11(12)6-8-13-9-10(2)3/h10H,4-9H2,1-3H3. The van der Waals surface area contributed by atoms with Crippen LogP contribution < -0.4 is 0 Å². The number of unbranched alkanes of at least 4 members (excludes halogenated alkanes) is 1. The number of hydrogen-bond donors (Lipinski definition) is 0. The van der Waals surface area contributed by atoms with Gasteiger partial charge in [0.2, 0.25) is 0 Å². The van der Waals surface area contributed by atoms with E-state index in [9.17, 15) is 4.79 Å². The average molecular weight is 202 g/mol. The van der Waals surface area contributed by atoms with Gasteiger partial charge in [-0.1, -0.05) is 27.2 Å². The normalized spacial score (nSPS) is 10.6. The summed E-state index contributed by atoms with van der Waals surface area (Å²) in [4.78, 5) is 11.1. The molecule has 0 N–H and O–H groups in total. The van der Waals surface area contributed by atoms with Crippen molar-refractivity contribution in [2.24, 2.45) is 5.92 Å². The van der Waals surface area contributed by atoms with Crippen molar-refractivity contribution in [2.45, 2.75) is 40.0 Å². The van der Waals surface area contributed by atoms with Crippen LogP contribution in [0, 0.1) is 5.92 Å². The fraction of sp³-hybridized carbons (Fsp3) is 0.909. The molecule has 0 radical (unpaired) electrons. The van der Waals surface area contributed by atoms with Crippen LogP contribution in [0.4, 0.5) is 0 Å². The topological polar surface area (TPSA) is 35.5 Å². The molecule has 0 aliphatic rings. The molecule has 0 spiro atoms. The van der Waals surface area contributed by atoms with Gasteiger partial charge in [0.1, 0.15) is 0 Å². The van der Waals surface area contributed by atoms with Crippen molar-refractivity contribution in [1.82, 2.24) is 0 Å². The summed E-state index contributed by atoms with van der Waals surface area (Å²) in [6.07, 6.45) is 2.37. The lowest BCUT2D eigenvalue weighted by atomic mass is 10.2. The van der Waals surface area contributed by atoms with Gasteiger partial charge in [0.15, 0.2) is 0 Å². The molecule has 3 heteroatoms. The average Bonchev–Trinajstić information content (AvgIpc) is 2.13. The number of hydrogen-bond acceptors (Lipinski definition) is 3. The molecule has 14 heavy (non-hydrogen) atoms. The second-order valence-corrected chi connectivity index (χ2v) is 3.79. The van der Waals surface area contributed by atoms with Crippen LogP contribution in [0.1, 0.15) is 40.0 Å². The first-order chi connectivity index (χ1) is 6.66. The molecular formula is C11H22O3. The first-order valence-electron chi connectivity index (χ1n) is 5.40. The van der Waals surface area contributed by atoms with E-state index in [1.165, 1.54) is 0 Å². The molecule has 0 aromatic heterocycles. The molecule has 0 fully saturated rings. The Hall–Kier alpha value is -0.570. The number of carbonyl (C=O) groups excluding carboxylic acids is 1. The minimum Gasteiger partial charge on any atom is -0.466 e. The molecule has 0 heterocycles. The Bertz CT molecular complexity index is 143. The van der Waals surface area contributed by atoms with Crippen molar-refractivity contribution < 1.29 is 14.3 Å². The van der Waals surface area contributed by atoms with Crippen LogP contribution in [0.3, 0.4) is 0 Å². The van der Waals surface area contributed by atoms with Crippen LogP contribution in [0.25, 0.3) is 0 Å². The van der Waals surface area contributed by atoms with Gasteiger partial charge in [-0.15, -0.1) is 0 Å². The molecule has 84 valence electrons. The minimum atomic E-state index is -0.151. The summed E-state index contributed by atoms with van der Waals surface area (Å²) in [7, 11) is 0. The largest absolute Gasteiger partial charge is 0.466 e. The predicted octanol–water partition coefficient (Wildman–Crippen LogP) is 2.39. The fourth-order valence-corrected chi connectivity index (χ4v) is 0.877. The molecule has 3 nitrogen and oxygen atoms in total. The van der Waals surface area contributed by atoms with E-state index in [2.05, 4.69) is 20.8 Å². The van der Waals surface area contributed by atoms with Gasteiger partial charge in [0.25, 0.3) is 0 Å². The molecule has 0 aliphatic heterocycles. The third kappa shape index (κ3) is 9.52. The van der Waals surface area contributed by atoms with Gasteiger partial charge in [-0.3, -0.25) is 4.79 Å². The van der Waals surface area contributed by atoms with Gasteiger partial charge < -0.3 is 9.47 Å². The molecule has 0 atom stereocenters. The molecule has 0 unspecified atom stereocenters. The Balaban J connectivity index is 3.18. The quantitative estimate of drug-likeness (QED) is 0.448. The highest BCUT2D eigenvalue weighted by atomic mass is 16.5. The monoisotopic (exact) mass is 202 g/mol. The predicted molar refractivity (Wildman–Crippen MR) is 56.1 cm³/mol. The molecule has 0 amide bonds. The van der Waals surface area contributed by atoms with Crippen molar-refractivity contribution in [3.05, 3.63) is 0 Å². The van der Waals surface area contributed by atoms with Gasteiger partial charge in [0, 0.05) is 6.61 Å². The summed E-state index contributed by atoms with van der Waals surface area (Å²) in [6, 6.07) is 0. The molecular weight excluding hydrogens is 180 g/mol. The Kier molecular flexibility index (Phi) is 8.64. The second-order valence-electron chi connectivity index (χ2n) is 3.79. The van der Waals surface area contributed by atoms with Crippen molar-refractivity contribution >= 4 is 5.97 Å². The zero-order valence-electron chi connectivity index (χ0n) is 9.54. The Labute approximate surface area is 86.8 Å². The smallest absolute Gasteiger partial charge is 0.308 e. The highest BCUT2D eigenvalue weighted by molar-refractivity contribution is 5.69. The van der Waals surface area contributed by atoms with Crippen LogP contribution >= 0.6 is 0 Å². The zero-order chi connectivity index (χ0) is 10.8. The van der Waals surface area contributed by atoms with Crippen molar-refractivity contribution in [3.63, 3.8) is 0 Å². The summed E-state index contributed by atoms with van der Waals surface area (Å²) in [5, 5.41) is 0. The van der Waals surface area contributed by atoms with E-state index in [0.29, 0.717) is 32.2 Å². The molecule has 0 rings (SSSR count). The van der Waals surface area contributed by atoms with E-state index in [1.54, 1.807) is 0 Å². The van der Waals surface area contributed by atoms with Crippen LogP contribution in [-0.4, -0.2) is 25.8 Å². The lowest BCUT2D eigenvalue weighted by molar-refractivity contribution is -0.145. The first-order valence-corrected chi connectivity index (χ1v) is 5.40. The maximum Gasteiger partial charge on any atom is 0.308 e. The van der Waals surface area contributed by atoms with Crippen LogP contribution in [-0.2, 0) is 14.3 Å². The summed E-state index contributed by atoms with van der Waals surface area (Å²) in [6.45, 7) is 7.96. The van der Waals surface area contributed by atoms with Crippen LogP contribution in [0.5, 0.6) is 0 Å². The molecule has 0 saturated carbocycles. The number of esters is 1. The van der Waals surface area contributed by atoms with E-state index in [1.807, 2.05) is 0 Å². The van der Waals surface area contributed by atoms with E-state index >= 15 is 0 Å². The minimum absolute atomic E-state index is 0.151.